The van der Waals surface area contributed by atoms with Crippen molar-refractivity contribution in [3.63, 3.8) is 0 Å². The molecule has 0 fully saturated rings. The topological polar surface area (TPSA) is 0 Å². The van der Waals surface area contributed by atoms with Crippen molar-refractivity contribution in [2.45, 2.75) is 0 Å². The Morgan fingerprint density at radius 1 is 0.600 bits per heavy atom. The van der Waals surface area contributed by atoms with E-state index in [-0.39, 0.29) is 276 Å². The van der Waals surface area contributed by atoms with E-state index in [1.807, 2.05) is 0 Å². The summed E-state index contributed by atoms with van der Waals surface area (Å²) in [4.78, 5) is 0. The molecule has 3 atom stereocenters. The van der Waals surface area contributed by atoms with Crippen molar-refractivity contribution in [3.05, 3.63) is 0 Å². The molecule has 0 spiro atoms. The molecule has 3 unspecified atom stereocenters. The molecule has 0 aromatic heterocycles. The van der Waals surface area contributed by atoms with Crippen LogP contribution in [-0.2, 0) is 49.8 Å². The summed E-state index contributed by atoms with van der Waals surface area (Å²) >= 11 is 0. The van der Waals surface area contributed by atoms with Gasteiger partial charge >= 0.3 is 0 Å². The standard InChI is InChI=1S/C4H13P3.6Ar.Cu.Y/c5-1-4(2-6)3-7;;;;;;;;/h4H,1-3,5-7H2;;;;;;;;. The average molecular weight is 546 g/mol. The Bertz CT molecular complexity index is 51.8. The molecule has 0 saturated heterocycles. The van der Waals surface area contributed by atoms with Gasteiger partial charge in [-0.05, 0) is 24.4 Å². The van der Waals surface area contributed by atoms with Crippen LogP contribution in [0.1, 0.15) is 0 Å². The van der Waals surface area contributed by atoms with Crippen molar-refractivity contribution in [3.8, 4) is 0 Å². The molecule has 0 heterocycles. The Hall–Kier alpha value is 10.5. The third-order valence-electron chi connectivity index (χ3n) is 1.00. The molecule has 2 radical (unpaired) electrons. The first kappa shape index (κ1) is 56.2. The van der Waals surface area contributed by atoms with Gasteiger partial charge in [0.2, 0.25) is 0 Å². The van der Waals surface area contributed by atoms with Crippen LogP contribution in [0.5, 0.6) is 0 Å². The summed E-state index contributed by atoms with van der Waals surface area (Å²) < 4.78 is 0. The molecule has 0 N–H and O–H groups in total. The molecule has 0 aromatic carbocycles. The fourth-order valence-electron chi connectivity index (χ4n) is 0.289. The van der Waals surface area contributed by atoms with Crippen LogP contribution in [0.4, 0.5) is 0 Å². The van der Waals surface area contributed by atoms with Crippen molar-refractivity contribution in [2.75, 3.05) is 18.5 Å². The Morgan fingerprint density at radius 3 is 0.733 bits per heavy atom. The summed E-state index contributed by atoms with van der Waals surface area (Å²) in [6, 6.07) is 0. The van der Waals surface area contributed by atoms with Gasteiger partial charge in [0, 0.05) is 276 Å². The number of hydrogen-bond donors (Lipinski definition) is 0. The molecule has 0 aliphatic rings. The van der Waals surface area contributed by atoms with E-state index in [1.165, 1.54) is 18.5 Å². The Balaban J connectivity index is -0.00000000643. The summed E-state index contributed by atoms with van der Waals surface area (Å²) in [5, 5.41) is 0. The van der Waals surface area contributed by atoms with E-state index in [4.69, 9.17) is 0 Å². The molecule has 0 rings (SSSR count). The van der Waals surface area contributed by atoms with E-state index in [0.29, 0.717) is 0 Å². The number of hydrogen-bond acceptors (Lipinski definition) is 0. The van der Waals surface area contributed by atoms with Crippen LogP contribution in [0.25, 0.3) is 0 Å². The van der Waals surface area contributed by atoms with Gasteiger partial charge in [0.15, 0.2) is 0 Å². The third-order valence-corrected chi connectivity index (χ3v) is 3.00. The second-order valence-corrected chi connectivity index (χ2v) is 2.99. The fourth-order valence-corrected chi connectivity index (χ4v) is 2.60. The maximum atomic E-state index is 2.76. The van der Waals surface area contributed by atoms with Crippen LogP contribution < -0.4 is 0 Å². The van der Waals surface area contributed by atoms with Gasteiger partial charge in [0.25, 0.3) is 0 Å². The summed E-state index contributed by atoms with van der Waals surface area (Å²) in [6.45, 7) is 0. The fraction of sp³-hybridized carbons (Fsp3) is 1.00. The van der Waals surface area contributed by atoms with Crippen molar-refractivity contribution >= 4 is 27.7 Å². The second-order valence-electron chi connectivity index (χ2n) is 1.57. The minimum absolute atomic E-state index is 0. The van der Waals surface area contributed by atoms with Gasteiger partial charge in [-0.1, -0.05) is 0 Å². The summed E-state index contributed by atoms with van der Waals surface area (Å²) in [5.41, 5.74) is 0. The Morgan fingerprint density at radius 2 is 0.733 bits per heavy atom. The van der Waals surface area contributed by atoms with Gasteiger partial charge in [0.1, 0.15) is 0 Å². The number of rotatable bonds is 3. The summed E-state index contributed by atoms with van der Waals surface area (Å²) in [7, 11) is 8.27. The molecule has 15 heavy (non-hydrogen) atoms. The zero-order chi connectivity index (χ0) is 5.70. The van der Waals surface area contributed by atoms with Crippen LogP contribution in [0.2, 0.25) is 0 Å². The molecule has 0 aromatic rings. The van der Waals surface area contributed by atoms with Gasteiger partial charge in [-0.15, -0.1) is 27.7 Å². The zero-order valence-electron chi connectivity index (χ0n) is 7.43. The van der Waals surface area contributed by atoms with Crippen LogP contribution in [0.3, 0.4) is 0 Å². The molecule has 0 aliphatic carbocycles. The second kappa shape index (κ2) is 49.7. The van der Waals surface area contributed by atoms with Crippen LogP contribution in [-0.4, -0.2) is 18.5 Å². The largest absolute Gasteiger partial charge is 0.137 e. The molecule has 11 heteroatoms. The van der Waals surface area contributed by atoms with Gasteiger partial charge in [-0.2, -0.15) is 0 Å². The molecule has 0 bridgehead atoms. The first-order chi connectivity index (χ1) is 3.35. The van der Waals surface area contributed by atoms with E-state index in [2.05, 4.69) is 27.7 Å². The predicted octanol–water partition coefficient (Wildman–Crippen LogP) is 1.22. The van der Waals surface area contributed by atoms with E-state index in [1.54, 1.807) is 0 Å². The SMILES string of the molecule is PCC(CP)CP.[Ar].[Ar].[Ar].[Ar].[Ar].[Ar].[Cu].[Y]. The van der Waals surface area contributed by atoms with Gasteiger partial charge in [-0.3, -0.25) is 0 Å². The van der Waals surface area contributed by atoms with Crippen molar-refractivity contribution in [1.29, 1.82) is 0 Å². The third kappa shape index (κ3) is 45.5. The average Bonchev–Trinajstić information content (AvgIpc) is 1.72. The maximum Gasteiger partial charge on any atom is 0 e. The first-order valence-electron chi connectivity index (χ1n) is 2.45. The molecule has 0 aliphatic heterocycles. The monoisotopic (exact) mass is 546 g/mol. The Labute approximate surface area is 317 Å². The smallest absolute Gasteiger partial charge is 0 e. The molecular formula is C4H13Ar6CuP3Y. The summed E-state index contributed by atoms with van der Waals surface area (Å²) in [5.74, 6) is 0.875. The first-order valence-corrected chi connectivity index (χ1v) is 4.90. The van der Waals surface area contributed by atoms with Gasteiger partial charge in [-0.25, -0.2) is 0 Å². The van der Waals surface area contributed by atoms with E-state index in [9.17, 15) is 0 Å². The predicted molar refractivity (Wildman–Crippen MR) is 47.2 cm³/mol. The van der Waals surface area contributed by atoms with Crippen LogP contribution in [0.15, 0.2) is 0 Å². The quantitative estimate of drug-likeness (QED) is 0.370. The molecule has 0 saturated carbocycles. The van der Waals surface area contributed by atoms with Gasteiger partial charge < -0.3 is 0 Å². The molecule has 0 amide bonds. The Kier molecular flexibility index (Phi) is 186. The molecule has 0 nitrogen and oxygen atoms in total. The normalized spacial score (nSPS) is 4.80. The van der Waals surface area contributed by atoms with Crippen molar-refractivity contribution < 1.29 is 276 Å². The van der Waals surface area contributed by atoms with E-state index < -0.39 is 0 Å². The minimum Gasteiger partial charge on any atom is -0.137 e. The summed E-state index contributed by atoms with van der Waals surface area (Å²) in [6.07, 6.45) is 3.69. The molecule has 106 valence electrons. The maximum absolute atomic E-state index is 2.76. The minimum atomic E-state index is 0. The van der Waals surface area contributed by atoms with Crippen molar-refractivity contribution in [1.82, 2.24) is 0 Å². The zero-order valence-corrected chi connectivity index (χ0v) is 18.9. The van der Waals surface area contributed by atoms with E-state index >= 15 is 0 Å². The van der Waals surface area contributed by atoms with E-state index in [0.717, 1.165) is 5.92 Å². The molecular weight excluding hydrogens is 533 g/mol. The van der Waals surface area contributed by atoms with Crippen LogP contribution in [0, 0.1) is 232 Å². The van der Waals surface area contributed by atoms with Gasteiger partial charge in [0.05, 0.1) is 0 Å². The van der Waals surface area contributed by atoms with Crippen LogP contribution >= 0.6 is 27.7 Å². The van der Waals surface area contributed by atoms with Crippen molar-refractivity contribution in [2.24, 2.45) is 5.92 Å².